The maximum Gasteiger partial charge on any atom is 1.00 e. The second kappa shape index (κ2) is 6.99. The van der Waals surface area contributed by atoms with E-state index in [9.17, 15) is 0 Å². The topological polar surface area (TPSA) is 62.3 Å². The van der Waals surface area contributed by atoms with E-state index < -0.39 is 0 Å². The Balaban J connectivity index is 0. The van der Waals surface area contributed by atoms with Crippen molar-refractivity contribution in [1.82, 2.24) is 5.32 Å². The summed E-state index contributed by atoms with van der Waals surface area (Å²) in [5, 5.41) is 12.0. The molecule has 0 radical (unpaired) electrons. The molecule has 0 bridgehead atoms. The molecule has 0 aromatic rings. The molecule has 1 aliphatic rings. The maximum absolute atomic E-state index is 8.87. The summed E-state index contributed by atoms with van der Waals surface area (Å²) in [6, 6.07) is 0. The Bertz CT molecular complexity index is 56.9. The third-order valence-electron chi connectivity index (χ3n) is 1.31. The molecule has 0 saturated carbocycles. The summed E-state index contributed by atoms with van der Waals surface area (Å²) in [7, 11) is 0. The van der Waals surface area contributed by atoms with Gasteiger partial charge in [-0.05, 0) is 25.9 Å². The molecule has 1 rings (SSSR count). The van der Waals surface area contributed by atoms with Gasteiger partial charge in [0.15, 0.2) is 0 Å². The van der Waals surface area contributed by atoms with Gasteiger partial charge in [0.2, 0.25) is 0 Å². The van der Waals surface area contributed by atoms with Crippen LogP contribution in [-0.4, -0.2) is 29.8 Å². The molecule has 50 valence electrons. The molecule has 0 amide bonds. The Morgan fingerprint density at radius 1 is 1.22 bits per heavy atom. The fourth-order valence-corrected chi connectivity index (χ4v) is 0.807. The summed E-state index contributed by atoms with van der Waals surface area (Å²) < 4.78 is 0. The number of hydrogen-bond donors (Lipinski definition) is 2. The van der Waals surface area contributed by atoms with Crippen LogP contribution in [0.5, 0.6) is 0 Å². The molecule has 1 aliphatic heterocycles. The third kappa shape index (κ3) is 5.33. The molecule has 0 aliphatic carbocycles. The van der Waals surface area contributed by atoms with Crippen molar-refractivity contribution in [2.45, 2.75) is 18.9 Å². The molecular weight excluding hydrogens is 129 g/mol. The number of nitrogens with one attached hydrogen (secondary N) is 1. The first kappa shape index (κ1) is 12.5. The van der Waals surface area contributed by atoms with E-state index in [-0.39, 0.29) is 41.1 Å². The maximum atomic E-state index is 8.87. The van der Waals surface area contributed by atoms with Crippen molar-refractivity contribution in [2.75, 3.05) is 13.1 Å². The molecule has 1 heterocycles. The van der Waals surface area contributed by atoms with E-state index in [1.165, 1.54) is 0 Å². The molecule has 0 aromatic heterocycles. The fraction of sp³-hybridized carbons (Fsp3) is 1.00. The van der Waals surface area contributed by atoms with Crippen LogP contribution in [0.4, 0.5) is 0 Å². The number of aliphatic hydroxyl groups excluding tert-OH is 1. The van der Waals surface area contributed by atoms with Gasteiger partial charge in [0, 0.05) is 0 Å². The summed E-state index contributed by atoms with van der Waals surface area (Å²) in [6.07, 6.45) is 1.83. The molecule has 9 heavy (non-hydrogen) atoms. The van der Waals surface area contributed by atoms with Gasteiger partial charge in [0.05, 0.1) is 6.10 Å². The van der Waals surface area contributed by atoms with E-state index in [1.807, 2.05) is 0 Å². The van der Waals surface area contributed by atoms with Crippen molar-refractivity contribution >= 4 is 0 Å². The van der Waals surface area contributed by atoms with E-state index >= 15 is 0 Å². The predicted octanol–water partition coefficient (Wildman–Crippen LogP) is -3.44. The van der Waals surface area contributed by atoms with Crippen molar-refractivity contribution in [3.8, 4) is 0 Å². The molecule has 3 N–H and O–H groups in total. The minimum absolute atomic E-state index is 0. The first-order valence-corrected chi connectivity index (χ1v) is 2.78. The van der Waals surface area contributed by atoms with Crippen LogP contribution >= 0.6 is 0 Å². The van der Waals surface area contributed by atoms with Crippen LogP contribution in [0.25, 0.3) is 0 Å². The zero-order valence-corrected chi connectivity index (χ0v) is 7.80. The first-order chi connectivity index (χ1) is 3.39. The Kier molecular flexibility index (Phi) is 9.75. The number of rotatable bonds is 0. The zero-order valence-electron chi connectivity index (χ0n) is 5.80. The van der Waals surface area contributed by atoms with E-state index in [0.717, 1.165) is 25.9 Å². The first-order valence-electron chi connectivity index (χ1n) is 2.78. The third-order valence-corrected chi connectivity index (χ3v) is 1.31. The van der Waals surface area contributed by atoms with Crippen molar-refractivity contribution < 1.29 is 40.1 Å². The normalized spacial score (nSPS) is 19.7. The quantitative estimate of drug-likeness (QED) is 0.345. The summed E-state index contributed by atoms with van der Waals surface area (Å²) in [6.45, 7) is 1.97. The average Bonchev–Trinajstić information content (AvgIpc) is 1.69. The molecular formula is C5H12NNaO2. The molecule has 4 heteroatoms. The van der Waals surface area contributed by atoms with Crippen molar-refractivity contribution in [1.29, 1.82) is 0 Å². The van der Waals surface area contributed by atoms with Gasteiger partial charge in [-0.15, -0.1) is 0 Å². The van der Waals surface area contributed by atoms with Crippen LogP contribution in [-0.2, 0) is 0 Å². The van der Waals surface area contributed by atoms with Gasteiger partial charge in [-0.2, -0.15) is 0 Å². The van der Waals surface area contributed by atoms with Gasteiger partial charge >= 0.3 is 29.6 Å². The van der Waals surface area contributed by atoms with Crippen LogP contribution in [0, 0.1) is 0 Å². The Morgan fingerprint density at radius 3 is 1.89 bits per heavy atom. The monoisotopic (exact) mass is 141 g/mol. The molecule has 0 unspecified atom stereocenters. The molecule has 1 fully saturated rings. The van der Waals surface area contributed by atoms with Gasteiger partial charge in [-0.1, -0.05) is 0 Å². The van der Waals surface area contributed by atoms with Crippen LogP contribution < -0.4 is 34.9 Å². The number of hydrogen-bond acceptors (Lipinski definition) is 3. The van der Waals surface area contributed by atoms with Gasteiger partial charge < -0.3 is 15.9 Å². The summed E-state index contributed by atoms with van der Waals surface area (Å²) in [5.41, 5.74) is 0. The Labute approximate surface area is 77.4 Å². The van der Waals surface area contributed by atoms with Crippen LogP contribution in [0.1, 0.15) is 12.8 Å². The fourth-order valence-electron chi connectivity index (χ4n) is 0.807. The van der Waals surface area contributed by atoms with Crippen molar-refractivity contribution in [2.24, 2.45) is 0 Å². The molecule has 0 spiro atoms. The average molecular weight is 141 g/mol. The Hall–Kier alpha value is 0.880. The van der Waals surface area contributed by atoms with Crippen LogP contribution in [0.2, 0.25) is 0 Å². The summed E-state index contributed by atoms with van der Waals surface area (Å²) >= 11 is 0. The molecule has 1 saturated heterocycles. The van der Waals surface area contributed by atoms with Crippen molar-refractivity contribution in [3.05, 3.63) is 0 Å². The van der Waals surface area contributed by atoms with Crippen LogP contribution in [0.15, 0.2) is 0 Å². The largest absolute Gasteiger partial charge is 1.00 e. The SMILES string of the molecule is OC1CCNCC1.[Na+].[OH-]. The number of piperidine rings is 1. The van der Waals surface area contributed by atoms with E-state index in [2.05, 4.69) is 5.32 Å². The predicted molar refractivity (Wildman–Crippen MR) is 30.0 cm³/mol. The molecule has 3 nitrogen and oxygen atoms in total. The van der Waals surface area contributed by atoms with Crippen LogP contribution in [0.3, 0.4) is 0 Å². The standard InChI is InChI=1S/C5H11NO.Na.H2O/c7-5-1-3-6-4-2-5;;/h5-7H,1-4H2;;1H2/q;+1;/p-1. The smallest absolute Gasteiger partial charge is 0.870 e. The van der Waals surface area contributed by atoms with E-state index in [4.69, 9.17) is 5.11 Å². The van der Waals surface area contributed by atoms with Gasteiger partial charge in [-0.3, -0.25) is 0 Å². The minimum atomic E-state index is -0.0266. The van der Waals surface area contributed by atoms with E-state index in [1.54, 1.807) is 0 Å². The summed E-state index contributed by atoms with van der Waals surface area (Å²) in [4.78, 5) is 0. The van der Waals surface area contributed by atoms with Gasteiger partial charge in [0.25, 0.3) is 0 Å². The summed E-state index contributed by atoms with van der Waals surface area (Å²) in [5.74, 6) is 0. The van der Waals surface area contributed by atoms with Crippen molar-refractivity contribution in [3.63, 3.8) is 0 Å². The van der Waals surface area contributed by atoms with E-state index in [0.29, 0.717) is 0 Å². The molecule has 0 atom stereocenters. The molecule has 0 aromatic carbocycles. The zero-order chi connectivity index (χ0) is 5.11. The Morgan fingerprint density at radius 2 is 1.67 bits per heavy atom. The second-order valence-electron chi connectivity index (χ2n) is 1.98. The van der Waals surface area contributed by atoms with Gasteiger partial charge in [0.1, 0.15) is 0 Å². The minimum Gasteiger partial charge on any atom is -0.870 e. The number of aliphatic hydroxyl groups is 1. The second-order valence-corrected chi connectivity index (χ2v) is 1.98. The van der Waals surface area contributed by atoms with Gasteiger partial charge in [-0.25, -0.2) is 0 Å².